The van der Waals surface area contributed by atoms with Gasteiger partial charge in [-0.2, -0.15) is 0 Å². The second kappa shape index (κ2) is 10.6. The third-order valence-electron chi connectivity index (χ3n) is 11.3. The summed E-state index contributed by atoms with van der Waals surface area (Å²) in [5.74, 6) is 0.148. The molecule has 0 radical (unpaired) electrons. The maximum absolute atomic E-state index is 6.33. The smallest absolute Gasteiger partial charge is 0.135 e. The molecule has 1 aliphatic carbocycles. The number of hydrogen-bond acceptors (Lipinski definition) is 2. The molecule has 3 heterocycles. The average molecular weight is 680 g/mol. The van der Waals surface area contributed by atoms with Crippen molar-refractivity contribution in [1.29, 1.82) is 0 Å². The van der Waals surface area contributed by atoms with Crippen molar-refractivity contribution in [3.8, 4) is 27.9 Å². The van der Waals surface area contributed by atoms with Crippen LogP contribution in [0.3, 0.4) is 0 Å². The molecule has 1 unspecified atom stereocenters. The van der Waals surface area contributed by atoms with Gasteiger partial charge in [0.25, 0.3) is 0 Å². The lowest BCUT2D eigenvalue weighted by atomic mass is 9.88. The van der Waals surface area contributed by atoms with Crippen molar-refractivity contribution in [2.45, 2.75) is 5.92 Å². The number of hydrogen-bond donors (Lipinski definition) is 0. The van der Waals surface area contributed by atoms with Crippen LogP contribution in [0.2, 0.25) is 0 Å². The Morgan fingerprint density at radius 3 is 2.12 bits per heavy atom. The van der Waals surface area contributed by atoms with Gasteiger partial charge in [0.2, 0.25) is 0 Å². The Balaban J connectivity index is 1.01. The predicted molar refractivity (Wildman–Crippen MR) is 219 cm³/mol. The van der Waals surface area contributed by atoms with Crippen molar-refractivity contribution in [3.05, 3.63) is 187 Å². The molecule has 0 amide bonds. The predicted octanol–water partition coefficient (Wildman–Crippen LogP) is 13.9. The number of rotatable bonds is 3. The Labute approximate surface area is 303 Å². The Kier molecular flexibility index (Phi) is 5.74. The maximum Gasteiger partial charge on any atom is 0.135 e. The van der Waals surface area contributed by atoms with E-state index in [1.165, 1.54) is 92.0 Å². The number of para-hydroxylation sites is 2. The molecule has 52 heavy (non-hydrogen) atoms. The van der Waals surface area contributed by atoms with Crippen LogP contribution < -0.4 is 0 Å². The van der Waals surface area contributed by atoms with Crippen molar-refractivity contribution >= 4 is 75.3 Å². The first-order chi connectivity index (χ1) is 25.8. The Hall–Kier alpha value is -6.42. The lowest BCUT2D eigenvalue weighted by molar-refractivity contribution is 0.668. The van der Waals surface area contributed by atoms with Crippen LogP contribution in [-0.4, -0.2) is 4.57 Å². The van der Waals surface area contributed by atoms with Gasteiger partial charge in [-0.3, -0.25) is 0 Å². The lowest BCUT2D eigenvalue weighted by Gasteiger charge is -2.15. The summed E-state index contributed by atoms with van der Waals surface area (Å²) in [5.41, 5.74) is 14.6. The van der Waals surface area contributed by atoms with Gasteiger partial charge in [-0.05, 0) is 87.5 Å². The summed E-state index contributed by atoms with van der Waals surface area (Å²) in [6.07, 6.45) is 0. The molecule has 0 aliphatic heterocycles. The fourth-order valence-corrected chi connectivity index (χ4v) is 10.2. The molecule has 0 saturated heterocycles. The molecule has 242 valence electrons. The van der Waals surface area contributed by atoms with Gasteiger partial charge in [-0.25, -0.2) is 0 Å². The molecule has 0 saturated carbocycles. The normalized spacial score (nSPS) is 14.0. The minimum Gasteiger partial charge on any atom is -0.456 e. The first-order valence-corrected chi connectivity index (χ1v) is 18.7. The summed E-state index contributed by atoms with van der Waals surface area (Å²) in [4.78, 5) is 0. The summed E-state index contributed by atoms with van der Waals surface area (Å²) < 4.78 is 11.4. The van der Waals surface area contributed by atoms with Gasteiger partial charge in [0.05, 0.1) is 21.4 Å². The van der Waals surface area contributed by atoms with E-state index in [4.69, 9.17) is 4.42 Å². The van der Waals surface area contributed by atoms with Crippen LogP contribution in [0.5, 0.6) is 0 Å². The highest BCUT2D eigenvalue weighted by Gasteiger charge is 2.30. The third-order valence-corrected chi connectivity index (χ3v) is 12.5. The Morgan fingerprint density at radius 2 is 1.15 bits per heavy atom. The zero-order chi connectivity index (χ0) is 33.9. The largest absolute Gasteiger partial charge is 0.456 e. The van der Waals surface area contributed by atoms with E-state index < -0.39 is 0 Å². The number of thiophene rings is 1. The molecule has 12 rings (SSSR count). The molecule has 0 fully saturated rings. The maximum atomic E-state index is 6.33. The van der Waals surface area contributed by atoms with Crippen LogP contribution in [0.15, 0.2) is 174 Å². The van der Waals surface area contributed by atoms with Gasteiger partial charge in [-0.1, -0.05) is 121 Å². The Bertz CT molecular complexity index is 3260. The molecular formula is C49H29NOS. The van der Waals surface area contributed by atoms with Crippen molar-refractivity contribution in [3.63, 3.8) is 0 Å². The zero-order valence-electron chi connectivity index (χ0n) is 28.0. The standard InChI is InChI=1S/C49H29NOS/c1-2-14-37-32(10-1)40-26-29(20-24-38(40)48(37)31-21-23-35-34-12-4-7-18-45(34)51-46(35)28-31)30-22-25-43-41(27-30)33-11-3-6-16-42(33)50(43)44-17-9-15-39-36-13-5-8-19-47(36)52-49(39)44/h1-28,48H. The van der Waals surface area contributed by atoms with E-state index in [2.05, 4.69) is 168 Å². The third kappa shape index (κ3) is 3.89. The van der Waals surface area contributed by atoms with Gasteiger partial charge in [-0.15, -0.1) is 11.3 Å². The number of aromatic nitrogens is 1. The van der Waals surface area contributed by atoms with Gasteiger partial charge in [0.15, 0.2) is 0 Å². The molecule has 0 N–H and O–H groups in total. The number of benzene rings is 8. The van der Waals surface area contributed by atoms with Crippen molar-refractivity contribution in [2.75, 3.05) is 0 Å². The van der Waals surface area contributed by atoms with Crippen LogP contribution >= 0.6 is 11.3 Å². The van der Waals surface area contributed by atoms with Crippen molar-refractivity contribution in [1.82, 2.24) is 4.57 Å². The highest BCUT2D eigenvalue weighted by molar-refractivity contribution is 7.26. The first kappa shape index (κ1) is 28.3. The van der Waals surface area contributed by atoms with Gasteiger partial charge < -0.3 is 8.98 Å². The van der Waals surface area contributed by atoms with Gasteiger partial charge in [0.1, 0.15) is 11.2 Å². The SMILES string of the molecule is c1ccc2c(c1)-c1cc(-c3ccc4c(c3)c3ccccc3n4-c3cccc4c3sc3ccccc34)ccc1C2c1ccc2c(c1)oc1ccccc12. The monoisotopic (exact) mass is 679 g/mol. The van der Waals surface area contributed by atoms with Crippen molar-refractivity contribution < 1.29 is 4.42 Å². The quantitative estimate of drug-likeness (QED) is 0.182. The molecule has 3 aromatic heterocycles. The number of furan rings is 1. The van der Waals surface area contributed by atoms with Gasteiger partial charge >= 0.3 is 0 Å². The summed E-state index contributed by atoms with van der Waals surface area (Å²) >= 11 is 1.88. The Morgan fingerprint density at radius 1 is 0.442 bits per heavy atom. The highest BCUT2D eigenvalue weighted by Crippen LogP contribution is 2.50. The molecule has 0 spiro atoms. The molecule has 2 nitrogen and oxygen atoms in total. The van der Waals surface area contributed by atoms with E-state index >= 15 is 0 Å². The summed E-state index contributed by atoms with van der Waals surface area (Å²) in [6.45, 7) is 0. The number of nitrogens with zero attached hydrogens (tertiary/aromatic N) is 1. The molecule has 1 aliphatic rings. The topological polar surface area (TPSA) is 18.1 Å². The lowest BCUT2D eigenvalue weighted by Crippen LogP contribution is -1.99. The minimum absolute atomic E-state index is 0.148. The van der Waals surface area contributed by atoms with Crippen LogP contribution in [0.1, 0.15) is 22.6 Å². The van der Waals surface area contributed by atoms with Gasteiger partial charge in [0, 0.05) is 42.9 Å². The highest BCUT2D eigenvalue weighted by atomic mass is 32.1. The van der Waals surface area contributed by atoms with Crippen LogP contribution in [-0.2, 0) is 0 Å². The van der Waals surface area contributed by atoms with Crippen LogP contribution in [0, 0.1) is 0 Å². The fourth-order valence-electron chi connectivity index (χ4n) is 8.98. The number of fused-ring (bicyclic) bond motifs is 12. The molecule has 8 aromatic carbocycles. The van der Waals surface area contributed by atoms with Crippen LogP contribution in [0.25, 0.3) is 91.9 Å². The molecular weight excluding hydrogens is 651 g/mol. The summed E-state index contributed by atoms with van der Waals surface area (Å²) in [6, 6.07) is 62.4. The average Bonchev–Trinajstić information content (AvgIpc) is 3.95. The second-order valence-corrected chi connectivity index (χ2v) is 15.1. The summed E-state index contributed by atoms with van der Waals surface area (Å²) in [5, 5.41) is 7.50. The van der Waals surface area contributed by atoms with E-state index in [9.17, 15) is 0 Å². The second-order valence-electron chi connectivity index (χ2n) is 14.0. The molecule has 1 atom stereocenters. The zero-order valence-corrected chi connectivity index (χ0v) is 28.8. The molecule has 0 bridgehead atoms. The molecule has 11 aromatic rings. The van der Waals surface area contributed by atoms with Crippen LogP contribution in [0.4, 0.5) is 0 Å². The summed E-state index contributed by atoms with van der Waals surface area (Å²) in [7, 11) is 0. The molecule has 3 heteroatoms. The van der Waals surface area contributed by atoms with E-state index in [-0.39, 0.29) is 5.92 Å². The van der Waals surface area contributed by atoms with E-state index in [1.807, 2.05) is 17.4 Å². The fraction of sp³-hybridized carbons (Fsp3) is 0.0204. The van der Waals surface area contributed by atoms with E-state index in [0.29, 0.717) is 0 Å². The van der Waals surface area contributed by atoms with E-state index in [1.54, 1.807) is 0 Å². The van der Waals surface area contributed by atoms with E-state index in [0.717, 1.165) is 16.6 Å². The first-order valence-electron chi connectivity index (χ1n) is 17.9. The van der Waals surface area contributed by atoms with Crippen molar-refractivity contribution in [2.24, 2.45) is 0 Å². The minimum atomic E-state index is 0.148.